The molecule has 20 heavy (non-hydrogen) atoms. The summed E-state index contributed by atoms with van der Waals surface area (Å²) >= 11 is 0. The molecule has 0 unspecified atom stereocenters. The van der Waals surface area contributed by atoms with Gasteiger partial charge >= 0.3 is 0 Å². The molecule has 0 amide bonds. The van der Waals surface area contributed by atoms with Gasteiger partial charge in [-0.05, 0) is 36.2 Å². The largest absolute Gasteiger partial charge is 0.346 e. The average Bonchev–Trinajstić information content (AvgIpc) is 2.89. The Bertz CT molecular complexity index is 567. The monoisotopic (exact) mass is 272 g/mol. The summed E-state index contributed by atoms with van der Waals surface area (Å²) < 4.78 is 2.36. The van der Waals surface area contributed by atoms with Crippen LogP contribution in [-0.2, 0) is 13.1 Å². The van der Waals surface area contributed by atoms with Crippen molar-refractivity contribution in [2.75, 3.05) is 39.8 Å². The molecule has 1 aromatic heterocycles. The van der Waals surface area contributed by atoms with Crippen LogP contribution in [0.3, 0.4) is 0 Å². The zero-order chi connectivity index (χ0) is 13.9. The van der Waals surface area contributed by atoms with Gasteiger partial charge in [-0.15, -0.1) is 0 Å². The molecule has 2 aromatic rings. The van der Waals surface area contributed by atoms with E-state index in [2.05, 4.69) is 51.9 Å². The lowest BCUT2D eigenvalue weighted by atomic mass is 10.1. The number of aromatic nitrogens is 1. The second kappa shape index (κ2) is 5.95. The molecule has 0 radical (unpaired) electrons. The fourth-order valence-corrected chi connectivity index (χ4v) is 2.89. The first-order valence-electron chi connectivity index (χ1n) is 7.45. The van der Waals surface area contributed by atoms with E-state index in [1.807, 2.05) is 0 Å². The van der Waals surface area contributed by atoms with Gasteiger partial charge in [0.2, 0.25) is 0 Å². The van der Waals surface area contributed by atoms with Crippen LogP contribution >= 0.6 is 0 Å². The molecule has 108 valence electrons. The molecule has 0 atom stereocenters. The highest BCUT2D eigenvalue weighted by Crippen LogP contribution is 2.17. The Kier molecular flexibility index (Phi) is 4.05. The number of fused-ring (bicyclic) bond motifs is 1. The molecule has 3 rings (SSSR count). The minimum Gasteiger partial charge on any atom is -0.346 e. The number of hydrogen-bond donors (Lipinski definition) is 1. The van der Waals surface area contributed by atoms with Gasteiger partial charge < -0.3 is 15.2 Å². The van der Waals surface area contributed by atoms with Gasteiger partial charge in [0, 0.05) is 57.5 Å². The molecule has 1 saturated heterocycles. The van der Waals surface area contributed by atoms with Crippen molar-refractivity contribution in [3.05, 3.63) is 36.0 Å². The van der Waals surface area contributed by atoms with Crippen molar-refractivity contribution < 1.29 is 0 Å². The van der Waals surface area contributed by atoms with Crippen molar-refractivity contribution >= 4 is 10.9 Å². The molecule has 0 bridgehead atoms. The van der Waals surface area contributed by atoms with E-state index in [9.17, 15) is 0 Å². The van der Waals surface area contributed by atoms with Crippen molar-refractivity contribution in [2.24, 2.45) is 5.73 Å². The second-order valence-corrected chi connectivity index (χ2v) is 5.75. The minimum absolute atomic E-state index is 0.614. The van der Waals surface area contributed by atoms with Crippen LogP contribution in [-0.4, -0.2) is 54.1 Å². The molecule has 1 fully saturated rings. The Morgan fingerprint density at radius 3 is 2.60 bits per heavy atom. The van der Waals surface area contributed by atoms with Crippen LogP contribution in [0.25, 0.3) is 10.9 Å². The predicted molar refractivity (Wildman–Crippen MR) is 83.8 cm³/mol. The normalized spacial score (nSPS) is 17.9. The highest BCUT2D eigenvalue weighted by molar-refractivity contribution is 5.80. The molecule has 4 nitrogen and oxygen atoms in total. The van der Waals surface area contributed by atoms with Crippen LogP contribution in [0.1, 0.15) is 5.56 Å². The van der Waals surface area contributed by atoms with Crippen molar-refractivity contribution in [1.82, 2.24) is 14.4 Å². The van der Waals surface area contributed by atoms with Crippen LogP contribution in [0.5, 0.6) is 0 Å². The standard InChI is InChI=1S/C16H24N4/c1-18-6-8-19(9-7-18)10-11-20-5-4-15-12-14(13-17)2-3-16(15)20/h2-5,12H,6-11,13,17H2,1H3. The van der Waals surface area contributed by atoms with E-state index in [0.717, 1.165) is 13.1 Å². The summed E-state index contributed by atoms with van der Waals surface area (Å²) in [7, 11) is 2.20. The van der Waals surface area contributed by atoms with Crippen molar-refractivity contribution in [3.8, 4) is 0 Å². The topological polar surface area (TPSA) is 37.4 Å². The summed E-state index contributed by atoms with van der Waals surface area (Å²) in [5.41, 5.74) is 8.22. The molecule has 0 spiro atoms. The summed E-state index contributed by atoms with van der Waals surface area (Å²) in [6.45, 7) is 7.56. The molecular weight excluding hydrogens is 248 g/mol. The number of nitrogens with zero attached hydrogens (tertiary/aromatic N) is 3. The minimum atomic E-state index is 0.614. The fraction of sp³-hybridized carbons (Fsp3) is 0.500. The van der Waals surface area contributed by atoms with Gasteiger partial charge in [0.05, 0.1) is 0 Å². The number of rotatable bonds is 4. The van der Waals surface area contributed by atoms with E-state index in [1.165, 1.54) is 42.6 Å². The van der Waals surface area contributed by atoms with Crippen LogP contribution < -0.4 is 5.73 Å². The third-order valence-corrected chi connectivity index (χ3v) is 4.32. The third kappa shape index (κ3) is 2.87. The lowest BCUT2D eigenvalue weighted by molar-refractivity contribution is 0.150. The number of nitrogens with two attached hydrogens (primary N) is 1. The van der Waals surface area contributed by atoms with Crippen LogP contribution in [0.2, 0.25) is 0 Å². The average molecular weight is 272 g/mol. The number of benzene rings is 1. The quantitative estimate of drug-likeness (QED) is 0.913. The van der Waals surface area contributed by atoms with E-state index in [0.29, 0.717) is 6.54 Å². The van der Waals surface area contributed by atoms with Gasteiger partial charge in [0.1, 0.15) is 0 Å². The molecule has 4 heteroatoms. The maximum Gasteiger partial charge on any atom is 0.0480 e. The van der Waals surface area contributed by atoms with Gasteiger partial charge in [0.15, 0.2) is 0 Å². The summed E-state index contributed by atoms with van der Waals surface area (Å²) in [6.07, 6.45) is 2.20. The maximum atomic E-state index is 5.70. The van der Waals surface area contributed by atoms with Crippen LogP contribution in [0, 0.1) is 0 Å². The Labute approximate surface area is 120 Å². The van der Waals surface area contributed by atoms with Crippen LogP contribution in [0.4, 0.5) is 0 Å². The van der Waals surface area contributed by atoms with E-state index in [1.54, 1.807) is 0 Å². The van der Waals surface area contributed by atoms with E-state index in [4.69, 9.17) is 5.73 Å². The number of hydrogen-bond acceptors (Lipinski definition) is 3. The van der Waals surface area contributed by atoms with Gasteiger partial charge in [-0.25, -0.2) is 0 Å². The first-order chi connectivity index (χ1) is 9.76. The van der Waals surface area contributed by atoms with Gasteiger partial charge in [-0.1, -0.05) is 6.07 Å². The van der Waals surface area contributed by atoms with Crippen molar-refractivity contribution in [1.29, 1.82) is 0 Å². The SMILES string of the molecule is CN1CCN(CCn2ccc3cc(CN)ccc32)CC1. The van der Waals surface area contributed by atoms with Crippen molar-refractivity contribution in [3.63, 3.8) is 0 Å². The zero-order valence-corrected chi connectivity index (χ0v) is 12.3. The zero-order valence-electron chi connectivity index (χ0n) is 12.3. The molecule has 2 heterocycles. The second-order valence-electron chi connectivity index (χ2n) is 5.75. The third-order valence-electron chi connectivity index (χ3n) is 4.32. The first kappa shape index (κ1) is 13.6. The summed E-state index contributed by atoms with van der Waals surface area (Å²) in [4.78, 5) is 4.95. The lowest BCUT2D eigenvalue weighted by Gasteiger charge is -2.32. The number of likely N-dealkylation sites (N-methyl/N-ethyl adjacent to an activating group) is 1. The number of piperazine rings is 1. The predicted octanol–water partition coefficient (Wildman–Crippen LogP) is 1.35. The molecular formula is C16H24N4. The molecule has 1 aliphatic heterocycles. The summed E-state index contributed by atoms with van der Waals surface area (Å²) in [5, 5.41) is 1.30. The van der Waals surface area contributed by atoms with E-state index < -0.39 is 0 Å². The lowest BCUT2D eigenvalue weighted by Crippen LogP contribution is -2.45. The van der Waals surface area contributed by atoms with Gasteiger partial charge in [0.25, 0.3) is 0 Å². The Balaban J connectivity index is 1.65. The maximum absolute atomic E-state index is 5.70. The molecule has 1 aliphatic rings. The summed E-state index contributed by atoms with van der Waals surface area (Å²) in [6, 6.07) is 8.72. The van der Waals surface area contributed by atoms with Crippen molar-refractivity contribution in [2.45, 2.75) is 13.1 Å². The highest BCUT2D eigenvalue weighted by Gasteiger charge is 2.13. The van der Waals surface area contributed by atoms with Gasteiger partial charge in [-0.2, -0.15) is 0 Å². The fourth-order valence-electron chi connectivity index (χ4n) is 2.89. The molecule has 1 aromatic carbocycles. The molecule has 2 N–H and O–H groups in total. The van der Waals surface area contributed by atoms with Gasteiger partial charge in [-0.3, -0.25) is 4.90 Å². The smallest absolute Gasteiger partial charge is 0.0480 e. The first-order valence-corrected chi connectivity index (χ1v) is 7.45. The van der Waals surface area contributed by atoms with E-state index in [-0.39, 0.29) is 0 Å². The molecule has 0 saturated carbocycles. The summed E-state index contributed by atoms with van der Waals surface area (Å²) in [5.74, 6) is 0. The highest BCUT2D eigenvalue weighted by atomic mass is 15.2. The van der Waals surface area contributed by atoms with E-state index >= 15 is 0 Å². The Hall–Kier alpha value is -1.36. The Morgan fingerprint density at radius 2 is 1.85 bits per heavy atom. The van der Waals surface area contributed by atoms with Crippen LogP contribution in [0.15, 0.2) is 30.5 Å². The molecule has 0 aliphatic carbocycles. The Morgan fingerprint density at radius 1 is 1.05 bits per heavy atom.